The summed E-state index contributed by atoms with van der Waals surface area (Å²) in [5.41, 5.74) is 0. The van der Waals surface area contributed by atoms with Crippen LogP contribution in [0.15, 0.2) is 18.2 Å². The van der Waals surface area contributed by atoms with E-state index in [-0.39, 0.29) is 0 Å². The van der Waals surface area contributed by atoms with Gasteiger partial charge in [0, 0.05) is 6.07 Å². The van der Waals surface area contributed by atoms with Crippen LogP contribution in [0.4, 0.5) is 5.82 Å². The first kappa shape index (κ1) is 10.4. The van der Waals surface area contributed by atoms with Crippen molar-refractivity contribution in [3.05, 3.63) is 18.2 Å². The second kappa shape index (κ2) is 5.87. The monoisotopic (exact) mass is 190 g/mol. The van der Waals surface area contributed by atoms with Crippen LogP contribution in [0.5, 0.6) is 5.88 Å². The Balaban J connectivity index is 2.57. The molecule has 14 heavy (non-hydrogen) atoms. The van der Waals surface area contributed by atoms with Crippen molar-refractivity contribution in [3.8, 4) is 17.7 Å². The molecule has 0 aliphatic rings. The fourth-order valence-electron chi connectivity index (χ4n) is 0.965. The van der Waals surface area contributed by atoms with Crippen LogP contribution in [0.2, 0.25) is 0 Å². The van der Waals surface area contributed by atoms with Gasteiger partial charge in [-0.2, -0.15) is 4.98 Å². The fourth-order valence-corrected chi connectivity index (χ4v) is 0.965. The molecule has 0 radical (unpaired) electrons. The average molecular weight is 190 g/mol. The second-order valence-electron chi connectivity index (χ2n) is 2.57. The molecule has 1 N–H and O–H groups in total. The van der Waals surface area contributed by atoms with Gasteiger partial charge in [-0.1, -0.05) is 12.0 Å². The molecule has 0 aliphatic carbocycles. The van der Waals surface area contributed by atoms with Crippen LogP contribution in [0.1, 0.15) is 13.8 Å². The number of nitrogens with zero attached hydrogens (tertiary/aromatic N) is 1. The predicted octanol–water partition coefficient (Wildman–Crippen LogP) is 1.92. The van der Waals surface area contributed by atoms with Gasteiger partial charge < -0.3 is 10.1 Å². The van der Waals surface area contributed by atoms with Crippen molar-refractivity contribution >= 4 is 5.82 Å². The van der Waals surface area contributed by atoms with Crippen molar-refractivity contribution in [1.29, 1.82) is 0 Å². The summed E-state index contributed by atoms with van der Waals surface area (Å²) in [6.45, 7) is 4.99. The number of aromatic nitrogens is 1. The number of rotatable bonds is 4. The molecule has 0 saturated carbocycles. The minimum absolute atomic E-state index is 0.610. The number of nitrogens with one attached hydrogen (secondary N) is 1. The van der Waals surface area contributed by atoms with Crippen LogP contribution in [0.25, 0.3) is 0 Å². The third kappa shape index (κ3) is 3.36. The lowest BCUT2D eigenvalue weighted by Crippen LogP contribution is -2.02. The number of anilines is 1. The molecular formula is C11H14N2O. The summed E-state index contributed by atoms with van der Waals surface area (Å²) >= 11 is 0. The first-order valence-electron chi connectivity index (χ1n) is 4.60. The molecule has 74 valence electrons. The maximum atomic E-state index is 5.27. The molecule has 1 rings (SSSR count). The van der Waals surface area contributed by atoms with Crippen LogP contribution >= 0.6 is 0 Å². The molecule has 1 heterocycles. The Labute approximate surface area is 84.5 Å². The first-order valence-corrected chi connectivity index (χ1v) is 4.60. The second-order valence-corrected chi connectivity index (χ2v) is 2.57. The summed E-state index contributed by atoms with van der Waals surface area (Å²) in [5.74, 6) is 7.14. The molecule has 0 fully saturated rings. The van der Waals surface area contributed by atoms with Crippen molar-refractivity contribution in [1.82, 2.24) is 4.98 Å². The molecule has 0 saturated heterocycles. The van der Waals surface area contributed by atoms with E-state index in [1.807, 2.05) is 32.0 Å². The number of pyridine rings is 1. The van der Waals surface area contributed by atoms with Gasteiger partial charge >= 0.3 is 0 Å². The third-order valence-electron chi connectivity index (χ3n) is 1.55. The Hall–Kier alpha value is -1.69. The molecule has 0 spiro atoms. The quantitative estimate of drug-likeness (QED) is 0.736. The largest absolute Gasteiger partial charge is 0.478 e. The highest BCUT2D eigenvalue weighted by atomic mass is 16.5. The Morgan fingerprint density at radius 3 is 3.07 bits per heavy atom. The van der Waals surface area contributed by atoms with Crippen LogP contribution in [0, 0.1) is 11.8 Å². The molecule has 0 bridgehead atoms. The summed E-state index contributed by atoms with van der Waals surface area (Å²) in [7, 11) is 0. The summed E-state index contributed by atoms with van der Waals surface area (Å²) in [5, 5.41) is 3.08. The molecule has 0 aliphatic heterocycles. The summed E-state index contributed by atoms with van der Waals surface area (Å²) in [6.07, 6.45) is 0. The Kier molecular flexibility index (Phi) is 4.36. The average Bonchev–Trinajstić information content (AvgIpc) is 2.19. The highest BCUT2D eigenvalue weighted by Gasteiger charge is 1.95. The maximum absolute atomic E-state index is 5.27. The van der Waals surface area contributed by atoms with Crippen LogP contribution in [-0.2, 0) is 0 Å². The van der Waals surface area contributed by atoms with Gasteiger partial charge in [0.1, 0.15) is 5.82 Å². The van der Waals surface area contributed by atoms with E-state index in [2.05, 4.69) is 22.1 Å². The maximum Gasteiger partial charge on any atom is 0.215 e. The van der Waals surface area contributed by atoms with E-state index < -0.39 is 0 Å². The first-order chi connectivity index (χ1) is 6.86. The minimum atomic E-state index is 0.610. The molecule has 0 unspecified atom stereocenters. The summed E-state index contributed by atoms with van der Waals surface area (Å²) < 4.78 is 5.27. The van der Waals surface area contributed by atoms with Crippen LogP contribution < -0.4 is 10.1 Å². The highest BCUT2D eigenvalue weighted by molar-refractivity contribution is 5.38. The van der Waals surface area contributed by atoms with Gasteiger partial charge in [-0.25, -0.2) is 0 Å². The van der Waals surface area contributed by atoms with Gasteiger partial charge in [-0.05, 0) is 19.9 Å². The van der Waals surface area contributed by atoms with E-state index >= 15 is 0 Å². The fraction of sp³-hybridized carbons (Fsp3) is 0.364. The van der Waals surface area contributed by atoms with Gasteiger partial charge in [0.2, 0.25) is 5.88 Å². The smallest absolute Gasteiger partial charge is 0.215 e. The van der Waals surface area contributed by atoms with E-state index in [0.717, 1.165) is 5.82 Å². The van der Waals surface area contributed by atoms with Gasteiger partial charge in [-0.3, -0.25) is 0 Å². The van der Waals surface area contributed by atoms with Crippen LogP contribution in [0.3, 0.4) is 0 Å². The lowest BCUT2D eigenvalue weighted by Gasteiger charge is -2.04. The Bertz CT molecular complexity index is 339. The normalized spacial score (nSPS) is 8.71. The number of hydrogen-bond acceptors (Lipinski definition) is 3. The SMILES string of the molecule is CC#CCNc1cccc(OCC)n1. The van der Waals surface area contributed by atoms with Crippen molar-refractivity contribution in [3.63, 3.8) is 0 Å². The van der Waals surface area contributed by atoms with Crippen molar-refractivity contribution in [2.75, 3.05) is 18.5 Å². The van der Waals surface area contributed by atoms with Crippen molar-refractivity contribution < 1.29 is 4.74 Å². The van der Waals surface area contributed by atoms with E-state index in [1.54, 1.807) is 0 Å². The van der Waals surface area contributed by atoms with E-state index in [1.165, 1.54) is 0 Å². The standard InChI is InChI=1S/C11H14N2O/c1-3-5-9-12-10-7-6-8-11(13-10)14-4-2/h6-8H,4,9H2,1-2H3,(H,12,13). The third-order valence-corrected chi connectivity index (χ3v) is 1.55. The Morgan fingerprint density at radius 2 is 2.36 bits per heavy atom. The van der Waals surface area contributed by atoms with Gasteiger partial charge in [-0.15, -0.1) is 5.92 Å². The summed E-state index contributed by atoms with van der Waals surface area (Å²) in [4.78, 5) is 4.23. The predicted molar refractivity (Wildman–Crippen MR) is 57.3 cm³/mol. The number of ether oxygens (including phenoxy) is 1. The number of hydrogen-bond donors (Lipinski definition) is 1. The van der Waals surface area contributed by atoms with Gasteiger partial charge in [0.25, 0.3) is 0 Å². The topological polar surface area (TPSA) is 34.1 Å². The molecule has 3 heteroatoms. The van der Waals surface area contributed by atoms with E-state index in [9.17, 15) is 0 Å². The molecule has 0 aromatic carbocycles. The van der Waals surface area contributed by atoms with Crippen molar-refractivity contribution in [2.24, 2.45) is 0 Å². The Morgan fingerprint density at radius 1 is 1.50 bits per heavy atom. The van der Waals surface area contributed by atoms with Gasteiger partial charge in [0.05, 0.1) is 13.2 Å². The lowest BCUT2D eigenvalue weighted by molar-refractivity contribution is 0.327. The van der Waals surface area contributed by atoms with Crippen LogP contribution in [-0.4, -0.2) is 18.1 Å². The molecule has 0 amide bonds. The summed E-state index contributed by atoms with van der Waals surface area (Å²) in [6, 6.07) is 5.62. The minimum Gasteiger partial charge on any atom is -0.478 e. The molecule has 0 atom stereocenters. The zero-order chi connectivity index (χ0) is 10.2. The molecule has 1 aromatic heterocycles. The zero-order valence-electron chi connectivity index (χ0n) is 8.50. The zero-order valence-corrected chi connectivity index (χ0v) is 8.50. The highest BCUT2D eigenvalue weighted by Crippen LogP contribution is 2.10. The molecular weight excluding hydrogens is 176 g/mol. The van der Waals surface area contributed by atoms with Crippen molar-refractivity contribution in [2.45, 2.75) is 13.8 Å². The molecule has 1 aromatic rings. The van der Waals surface area contributed by atoms with Gasteiger partial charge in [0.15, 0.2) is 0 Å². The lowest BCUT2D eigenvalue weighted by atomic mass is 10.4. The van der Waals surface area contributed by atoms with E-state index in [0.29, 0.717) is 19.0 Å². The molecule has 3 nitrogen and oxygen atoms in total. The van der Waals surface area contributed by atoms with E-state index in [4.69, 9.17) is 4.74 Å².